The van der Waals surface area contributed by atoms with E-state index in [9.17, 15) is 79.2 Å². The van der Waals surface area contributed by atoms with Crippen LogP contribution in [0.1, 0.15) is 63.5 Å². The van der Waals surface area contributed by atoms with Crippen molar-refractivity contribution in [3.05, 3.63) is 108 Å². The quantitative estimate of drug-likeness (QED) is 0.0125. The largest absolute Gasteiger partial charge is 0.382 e. The Morgan fingerprint density at radius 3 is 1.43 bits per heavy atom. The Kier molecular flexibility index (Phi) is 32.4. The molecule has 33 nitrogen and oxygen atoms in total. The predicted octanol–water partition coefficient (Wildman–Crippen LogP) is 5.16. The molecular weight excluding hydrogens is 1490 g/mol. The van der Waals surface area contributed by atoms with Gasteiger partial charge in [-0.3, -0.25) is 32.4 Å². The molecule has 2 atom stereocenters. The van der Waals surface area contributed by atoms with Crippen LogP contribution in [0, 0.1) is 0 Å². The van der Waals surface area contributed by atoms with Gasteiger partial charge in [0, 0.05) is 85.5 Å². The van der Waals surface area contributed by atoms with E-state index >= 15 is 0 Å². The number of nitrogens with zero attached hydrogens (tertiary/aromatic N) is 3. The minimum absolute atomic E-state index is 0.00129. The van der Waals surface area contributed by atoms with Crippen LogP contribution in [0.4, 0.5) is 11.4 Å². The van der Waals surface area contributed by atoms with E-state index in [1.54, 1.807) is 68.7 Å². The highest BCUT2D eigenvalue weighted by molar-refractivity contribution is 7.87. The summed E-state index contributed by atoms with van der Waals surface area (Å²) >= 11 is 0. The second-order valence-electron chi connectivity index (χ2n) is 24.3. The van der Waals surface area contributed by atoms with E-state index in [2.05, 4.69) is 0 Å². The lowest BCUT2D eigenvalue weighted by Crippen LogP contribution is -2.32. The van der Waals surface area contributed by atoms with Crippen molar-refractivity contribution in [1.82, 2.24) is 5.06 Å². The van der Waals surface area contributed by atoms with Crippen LogP contribution in [-0.4, -0.2) is 263 Å². The van der Waals surface area contributed by atoms with E-state index in [-0.39, 0.29) is 185 Å². The molecule has 0 bridgehead atoms. The van der Waals surface area contributed by atoms with Crippen LogP contribution < -0.4 is 4.90 Å². The Morgan fingerprint density at radius 1 is 0.495 bits per heavy atom. The highest BCUT2D eigenvalue weighted by atomic mass is 32.2. The molecule has 2 unspecified atom stereocenters. The van der Waals surface area contributed by atoms with Gasteiger partial charge in [0.2, 0.25) is 5.69 Å². The number of benzene rings is 4. The molecule has 3 aliphatic rings. The minimum Gasteiger partial charge on any atom is -0.382 e. The standard InChI is InChI=1S/C67H89N3O30S5/c1-66(20-10-44-101(74,75)76)59(68(22-26-89-3)55-15-13-51-53(64(55)66)45-49(102(77,78)79)47-57(51)104(83,84)85)11-8-6-5-7-9-12-60-67(2,21-25-92-31-34-96-37-36-94-29-28-90-4)65-54-46-50(103(80,81)82)48-58(105(86,87)88)52(54)14-16-56(65)69(60)23-27-93-32-35-97-39-41-99-43-42-98-40-38-95-33-30-91-24-19-63(73)100-70-61(71)17-18-62(70)72/h5-9,11-16,45-48H,10,17-44H2,1-4H3,(H4-,74,75,76,77,78,79,80,81,82,83,84,85,86,87,88)/p+1. The average Bonchev–Trinajstić information content (AvgIpc) is 1.59. The first-order valence-electron chi connectivity index (χ1n) is 33.2. The molecule has 1 saturated heterocycles. The van der Waals surface area contributed by atoms with Crippen LogP contribution in [0.3, 0.4) is 0 Å². The number of amides is 2. The first-order valence-corrected chi connectivity index (χ1v) is 40.6. The van der Waals surface area contributed by atoms with Crippen molar-refractivity contribution in [2.24, 2.45) is 0 Å². The summed E-state index contributed by atoms with van der Waals surface area (Å²) in [5.74, 6) is -2.58. The number of anilines is 1. The number of imide groups is 1. The third-order valence-electron chi connectivity index (χ3n) is 17.1. The van der Waals surface area contributed by atoms with Crippen molar-refractivity contribution < 1.29 is 141 Å². The van der Waals surface area contributed by atoms with Crippen LogP contribution in [0.5, 0.6) is 0 Å². The molecule has 4 aromatic rings. The number of methoxy groups -OCH3 is 2. The Morgan fingerprint density at radius 2 is 0.943 bits per heavy atom. The second-order valence-corrected chi connectivity index (χ2v) is 31.5. The van der Waals surface area contributed by atoms with Gasteiger partial charge in [-0.25, -0.2) is 4.79 Å². The molecule has 3 aliphatic heterocycles. The fourth-order valence-electron chi connectivity index (χ4n) is 12.3. The third-order valence-corrected chi connectivity index (χ3v) is 21.3. The summed E-state index contributed by atoms with van der Waals surface area (Å²) in [6.07, 6.45) is 11.7. The number of fused-ring (bicyclic) bond motifs is 6. The van der Waals surface area contributed by atoms with Gasteiger partial charge in [0.25, 0.3) is 62.4 Å². The highest BCUT2D eigenvalue weighted by Gasteiger charge is 2.50. The van der Waals surface area contributed by atoms with Gasteiger partial charge in [0.05, 0.1) is 146 Å². The monoisotopic (exact) mass is 1580 g/mol. The summed E-state index contributed by atoms with van der Waals surface area (Å²) in [4.78, 5) is 38.5. The van der Waals surface area contributed by atoms with E-state index in [1.807, 2.05) is 16.4 Å². The zero-order valence-corrected chi connectivity index (χ0v) is 62.6. The van der Waals surface area contributed by atoms with E-state index < -0.39 is 105 Å². The molecule has 2 amide bonds. The summed E-state index contributed by atoms with van der Waals surface area (Å²) in [7, 11) is -21.9. The van der Waals surface area contributed by atoms with E-state index in [4.69, 9.17) is 56.9 Å². The zero-order chi connectivity index (χ0) is 76.6. The van der Waals surface area contributed by atoms with Gasteiger partial charge in [-0.05, 0) is 91.9 Å². The normalized spacial score (nSPS) is 18.0. The summed E-state index contributed by atoms with van der Waals surface area (Å²) in [5, 5.41) is 0.395. The van der Waals surface area contributed by atoms with Crippen LogP contribution in [0.2, 0.25) is 0 Å². The van der Waals surface area contributed by atoms with Crippen molar-refractivity contribution in [2.45, 2.75) is 82.8 Å². The topological polar surface area (TPSA) is 443 Å². The molecule has 0 spiro atoms. The highest BCUT2D eigenvalue weighted by Crippen LogP contribution is 2.54. The molecule has 3 heterocycles. The molecule has 1 fully saturated rings. The maximum atomic E-state index is 13.1. The van der Waals surface area contributed by atoms with Crippen LogP contribution in [-0.2, 0) is 133 Å². The lowest BCUT2D eigenvalue weighted by molar-refractivity contribution is -0.441. The molecule has 5 N–H and O–H groups in total. The van der Waals surface area contributed by atoms with Crippen molar-refractivity contribution >= 4 is 107 Å². The van der Waals surface area contributed by atoms with Gasteiger partial charge in [-0.2, -0.15) is 46.7 Å². The number of carbonyl (C=O) groups excluding carboxylic acids is 3. The number of hydrogen-bond acceptors (Lipinski definition) is 26. The summed E-state index contributed by atoms with van der Waals surface area (Å²) in [5.41, 5.74) is 0.273. The molecular formula is C67H90N3O30S5+. The molecule has 4 aromatic carbocycles. The Hall–Kier alpha value is -6.45. The number of carbonyl (C=O) groups is 3. The fraction of sp³-hybridized carbons (Fsp3) is 0.522. The van der Waals surface area contributed by atoms with Crippen LogP contribution in [0.25, 0.3) is 21.5 Å². The number of hydrogen-bond donors (Lipinski definition) is 5. The smallest absolute Gasteiger partial charge is 0.335 e. The average molecular weight is 1580 g/mol. The number of allylic oxidation sites excluding steroid dienone is 8. The van der Waals surface area contributed by atoms with Crippen molar-refractivity contribution in [1.29, 1.82) is 0 Å². The lowest BCUT2D eigenvalue weighted by atomic mass is 9.74. The first kappa shape index (κ1) is 85.8. The van der Waals surface area contributed by atoms with Crippen LogP contribution in [0.15, 0.2) is 116 Å². The van der Waals surface area contributed by atoms with Gasteiger partial charge >= 0.3 is 5.97 Å². The third kappa shape index (κ3) is 24.3. The molecule has 0 saturated carbocycles. The number of ether oxygens (including phenoxy) is 11. The fourth-order valence-corrected chi connectivity index (χ4v) is 15.5. The van der Waals surface area contributed by atoms with E-state index in [0.717, 1.165) is 12.1 Å². The summed E-state index contributed by atoms with van der Waals surface area (Å²) in [6.45, 7) is 8.19. The van der Waals surface area contributed by atoms with E-state index in [1.165, 1.54) is 19.2 Å². The SMILES string of the molecule is COCCOCCOCCOCCC1(C)\C(=C/C=C/C=C/C=C/C2=[N+](CCOC)c3ccc4c(S(=O)(=O)O)cc(S(=O)(=O)O)cc4c3C2(C)CCCS(=O)(=O)O)N(CCOCCOCCOCCOCCOCCOCCC(=O)ON2C(=O)CCC2=O)c2ccc3c(S(=O)(=O)O)cc(S(=O)(=O)O)cc3c21. The van der Waals surface area contributed by atoms with Gasteiger partial charge < -0.3 is 61.8 Å². The molecule has 582 valence electrons. The zero-order valence-electron chi connectivity index (χ0n) is 58.5. The minimum atomic E-state index is -5.12. The lowest BCUT2D eigenvalue weighted by Gasteiger charge is -2.31. The first-order chi connectivity index (χ1) is 49.8. The molecule has 105 heavy (non-hydrogen) atoms. The number of rotatable bonds is 49. The second kappa shape index (κ2) is 39.6. The maximum absolute atomic E-state index is 13.1. The predicted molar refractivity (Wildman–Crippen MR) is 378 cm³/mol. The Labute approximate surface area is 610 Å². The van der Waals surface area contributed by atoms with Gasteiger partial charge in [-0.15, -0.1) is 5.06 Å². The summed E-state index contributed by atoms with van der Waals surface area (Å²) < 4.78 is 242. The van der Waals surface area contributed by atoms with Gasteiger partial charge in [0.1, 0.15) is 16.4 Å². The Bertz CT molecular complexity index is 4450. The van der Waals surface area contributed by atoms with Gasteiger partial charge in [-0.1, -0.05) is 36.4 Å². The molecule has 38 heteroatoms. The van der Waals surface area contributed by atoms with Crippen molar-refractivity contribution in [2.75, 3.05) is 170 Å². The maximum Gasteiger partial charge on any atom is 0.335 e. The van der Waals surface area contributed by atoms with Crippen LogP contribution >= 0.6 is 0 Å². The molecule has 0 radical (unpaired) electrons. The van der Waals surface area contributed by atoms with Crippen molar-refractivity contribution in [3.8, 4) is 0 Å². The Balaban J connectivity index is 1.08. The molecule has 7 rings (SSSR count). The van der Waals surface area contributed by atoms with Gasteiger partial charge in [0.15, 0.2) is 12.3 Å². The molecule has 0 aliphatic carbocycles. The number of hydroxylamine groups is 2. The summed E-state index contributed by atoms with van der Waals surface area (Å²) in [6, 6.07) is 9.48. The van der Waals surface area contributed by atoms with E-state index in [0.29, 0.717) is 70.9 Å². The molecule has 0 aromatic heterocycles. The van der Waals surface area contributed by atoms with Crippen molar-refractivity contribution in [3.63, 3.8) is 0 Å².